The monoisotopic (exact) mass is 379 g/mol. The Hall–Kier alpha value is -3.55. The zero-order valence-corrected chi connectivity index (χ0v) is 15.2. The molecule has 0 aliphatic carbocycles. The Balaban J connectivity index is 1.34. The number of carbonyl (C=O) groups excluding carboxylic acids is 1. The van der Waals surface area contributed by atoms with Crippen LogP contribution in [-0.2, 0) is 16.2 Å². The summed E-state index contributed by atoms with van der Waals surface area (Å²) in [7, 11) is 0. The zero-order chi connectivity index (χ0) is 19.5. The van der Waals surface area contributed by atoms with Gasteiger partial charge in [-0.25, -0.2) is 14.1 Å². The summed E-state index contributed by atoms with van der Waals surface area (Å²) in [6, 6.07) is 14.0. The average Bonchev–Trinajstić information content (AvgIpc) is 3.32. The molecule has 4 rings (SSSR count). The van der Waals surface area contributed by atoms with Crippen LogP contribution in [0.25, 0.3) is 0 Å². The second-order valence-electron chi connectivity index (χ2n) is 6.59. The minimum atomic E-state index is -0.774. The SMILES string of the molecule is Cc1cccc(Cn2cnc(NC(=O)C3CC(c4ccc(F)cc4)=NO3)n2)c1. The third-order valence-corrected chi connectivity index (χ3v) is 4.34. The highest BCUT2D eigenvalue weighted by Crippen LogP contribution is 2.18. The van der Waals surface area contributed by atoms with Gasteiger partial charge in [-0.15, -0.1) is 5.10 Å². The summed E-state index contributed by atoms with van der Waals surface area (Å²) in [6.07, 6.45) is 1.08. The summed E-state index contributed by atoms with van der Waals surface area (Å²) < 4.78 is 14.7. The molecule has 142 valence electrons. The van der Waals surface area contributed by atoms with E-state index in [-0.39, 0.29) is 17.7 Å². The number of nitrogens with zero attached hydrogens (tertiary/aromatic N) is 4. The molecule has 0 saturated heterocycles. The Labute approximate surface area is 160 Å². The van der Waals surface area contributed by atoms with Crippen LogP contribution in [0.2, 0.25) is 0 Å². The van der Waals surface area contributed by atoms with Crippen LogP contribution in [-0.4, -0.2) is 32.5 Å². The molecule has 1 unspecified atom stereocenters. The minimum Gasteiger partial charge on any atom is -0.382 e. The molecule has 0 radical (unpaired) electrons. The van der Waals surface area contributed by atoms with Crippen LogP contribution in [0.15, 0.2) is 60.0 Å². The number of hydrogen-bond donors (Lipinski definition) is 1. The maximum absolute atomic E-state index is 13.0. The van der Waals surface area contributed by atoms with Gasteiger partial charge in [-0.3, -0.25) is 10.1 Å². The number of anilines is 1. The lowest BCUT2D eigenvalue weighted by molar-refractivity contribution is -0.125. The number of carbonyl (C=O) groups is 1. The van der Waals surface area contributed by atoms with Crippen LogP contribution in [0, 0.1) is 12.7 Å². The molecule has 2 heterocycles. The summed E-state index contributed by atoms with van der Waals surface area (Å²) in [5.41, 5.74) is 3.58. The van der Waals surface area contributed by atoms with Gasteiger partial charge >= 0.3 is 0 Å². The first kappa shape index (κ1) is 17.8. The fourth-order valence-electron chi connectivity index (χ4n) is 2.95. The van der Waals surface area contributed by atoms with E-state index in [4.69, 9.17) is 4.84 Å². The van der Waals surface area contributed by atoms with Gasteiger partial charge in [0.1, 0.15) is 12.1 Å². The summed E-state index contributed by atoms with van der Waals surface area (Å²) >= 11 is 0. The molecule has 0 saturated carbocycles. The van der Waals surface area contributed by atoms with Gasteiger partial charge in [0.25, 0.3) is 5.91 Å². The number of oxime groups is 1. The fraction of sp³-hybridized carbons (Fsp3) is 0.200. The summed E-state index contributed by atoms with van der Waals surface area (Å²) in [5, 5.41) is 10.9. The normalized spacial score (nSPS) is 15.8. The average molecular weight is 379 g/mol. The van der Waals surface area contributed by atoms with Crippen LogP contribution in [0.1, 0.15) is 23.1 Å². The lowest BCUT2D eigenvalue weighted by Gasteiger charge is -2.06. The predicted octanol–water partition coefficient (Wildman–Crippen LogP) is 2.91. The molecule has 1 atom stereocenters. The van der Waals surface area contributed by atoms with Gasteiger partial charge in [-0.05, 0) is 30.2 Å². The molecule has 1 N–H and O–H groups in total. The van der Waals surface area contributed by atoms with Crippen molar-refractivity contribution < 1.29 is 14.0 Å². The van der Waals surface area contributed by atoms with Crippen molar-refractivity contribution in [3.8, 4) is 0 Å². The number of benzene rings is 2. The zero-order valence-electron chi connectivity index (χ0n) is 15.2. The fourth-order valence-corrected chi connectivity index (χ4v) is 2.95. The van der Waals surface area contributed by atoms with E-state index in [2.05, 4.69) is 26.6 Å². The van der Waals surface area contributed by atoms with Crippen molar-refractivity contribution in [3.63, 3.8) is 0 Å². The third-order valence-electron chi connectivity index (χ3n) is 4.34. The van der Waals surface area contributed by atoms with Crippen molar-refractivity contribution in [3.05, 3.63) is 77.4 Å². The standard InChI is InChI=1S/C20H18FN5O2/c1-13-3-2-4-14(9-13)11-26-12-22-20(24-26)23-19(27)18-10-17(25-28-18)15-5-7-16(21)8-6-15/h2-9,12,18H,10-11H2,1H3,(H,23,24,27). The quantitative estimate of drug-likeness (QED) is 0.739. The highest BCUT2D eigenvalue weighted by atomic mass is 19.1. The van der Waals surface area contributed by atoms with Gasteiger partial charge < -0.3 is 4.84 Å². The van der Waals surface area contributed by atoms with Crippen LogP contribution in [0.5, 0.6) is 0 Å². The number of halogens is 1. The first-order valence-electron chi connectivity index (χ1n) is 8.81. The number of rotatable bonds is 5. The van der Waals surface area contributed by atoms with Gasteiger partial charge in [0, 0.05) is 6.42 Å². The number of aryl methyl sites for hydroxylation is 1. The van der Waals surface area contributed by atoms with E-state index in [1.165, 1.54) is 17.7 Å². The van der Waals surface area contributed by atoms with Crippen LogP contribution in [0.3, 0.4) is 0 Å². The molecule has 1 amide bonds. The van der Waals surface area contributed by atoms with Crippen LogP contribution >= 0.6 is 0 Å². The van der Waals surface area contributed by atoms with Gasteiger partial charge in [0.2, 0.25) is 12.1 Å². The highest BCUT2D eigenvalue weighted by Gasteiger charge is 2.29. The topological polar surface area (TPSA) is 81.4 Å². The predicted molar refractivity (Wildman–Crippen MR) is 101 cm³/mol. The maximum atomic E-state index is 13.0. The van der Waals surface area contributed by atoms with Crippen LogP contribution < -0.4 is 5.32 Å². The number of aromatic nitrogens is 3. The second-order valence-corrected chi connectivity index (χ2v) is 6.59. The molecule has 1 aliphatic rings. The maximum Gasteiger partial charge on any atom is 0.271 e. The molecule has 3 aromatic rings. The van der Waals surface area contributed by atoms with Crippen molar-refractivity contribution >= 4 is 17.6 Å². The van der Waals surface area contributed by atoms with Crippen molar-refractivity contribution in [1.82, 2.24) is 14.8 Å². The Morgan fingerprint density at radius 3 is 2.89 bits per heavy atom. The van der Waals surface area contributed by atoms with E-state index in [1.54, 1.807) is 23.1 Å². The van der Waals surface area contributed by atoms with Crippen molar-refractivity contribution in [1.29, 1.82) is 0 Å². The van der Waals surface area contributed by atoms with Gasteiger partial charge in [-0.2, -0.15) is 0 Å². The van der Waals surface area contributed by atoms with Crippen LogP contribution in [0.4, 0.5) is 10.3 Å². The van der Waals surface area contributed by atoms with Gasteiger partial charge in [0.15, 0.2) is 0 Å². The second kappa shape index (κ2) is 7.59. The van der Waals surface area contributed by atoms with Gasteiger partial charge in [0.05, 0.1) is 12.3 Å². The molecule has 0 fully saturated rings. The molecular weight excluding hydrogens is 361 g/mol. The molecule has 1 aliphatic heterocycles. The summed E-state index contributed by atoms with van der Waals surface area (Å²) in [4.78, 5) is 21.7. The first-order chi connectivity index (χ1) is 13.6. The molecule has 28 heavy (non-hydrogen) atoms. The first-order valence-corrected chi connectivity index (χ1v) is 8.81. The molecule has 8 heteroatoms. The highest BCUT2D eigenvalue weighted by molar-refractivity contribution is 6.05. The molecule has 0 spiro atoms. The van der Waals surface area contributed by atoms with Crippen molar-refractivity contribution in [2.45, 2.75) is 26.0 Å². The molecule has 1 aromatic heterocycles. The number of nitrogens with one attached hydrogen (secondary N) is 1. The van der Waals surface area contributed by atoms with Gasteiger partial charge in [-0.1, -0.05) is 47.1 Å². The third kappa shape index (κ3) is 4.06. The summed E-state index contributed by atoms with van der Waals surface area (Å²) in [5.74, 6) is -0.504. The lowest BCUT2D eigenvalue weighted by Crippen LogP contribution is -2.28. The Kier molecular flexibility index (Phi) is 4.84. The van der Waals surface area contributed by atoms with E-state index >= 15 is 0 Å². The minimum absolute atomic E-state index is 0.205. The lowest BCUT2D eigenvalue weighted by atomic mass is 10.0. The molecule has 0 bridgehead atoms. The van der Waals surface area contributed by atoms with E-state index in [0.717, 1.165) is 11.1 Å². The Morgan fingerprint density at radius 2 is 2.11 bits per heavy atom. The number of amides is 1. The van der Waals surface area contributed by atoms with E-state index < -0.39 is 6.10 Å². The Bertz CT molecular complexity index is 1030. The van der Waals surface area contributed by atoms with Crippen molar-refractivity contribution in [2.75, 3.05) is 5.32 Å². The molecule has 2 aromatic carbocycles. The van der Waals surface area contributed by atoms with Crippen molar-refractivity contribution in [2.24, 2.45) is 5.16 Å². The van der Waals surface area contributed by atoms with E-state index in [0.29, 0.717) is 18.7 Å². The Morgan fingerprint density at radius 1 is 1.29 bits per heavy atom. The largest absolute Gasteiger partial charge is 0.382 e. The molecular formula is C20H18FN5O2. The summed E-state index contributed by atoms with van der Waals surface area (Å²) in [6.45, 7) is 2.59. The molecule has 7 nitrogen and oxygen atoms in total. The van der Waals surface area contributed by atoms with E-state index in [1.807, 2.05) is 25.1 Å². The number of hydrogen-bond acceptors (Lipinski definition) is 5. The smallest absolute Gasteiger partial charge is 0.271 e. The van der Waals surface area contributed by atoms with E-state index in [9.17, 15) is 9.18 Å².